The van der Waals surface area contributed by atoms with Gasteiger partial charge in [-0.05, 0) is 24.3 Å². The van der Waals surface area contributed by atoms with Crippen molar-refractivity contribution in [3.8, 4) is 0 Å². The zero-order chi connectivity index (χ0) is 13.1. The van der Waals surface area contributed by atoms with Crippen LogP contribution in [0.15, 0.2) is 29.2 Å². The smallest absolute Gasteiger partial charge is 0.240 e. The summed E-state index contributed by atoms with van der Waals surface area (Å²) in [7, 11) is 2.62. The molecule has 0 saturated carbocycles. The first-order valence-corrected chi connectivity index (χ1v) is 6.85. The molecular weight excluding hydrogens is 274 g/mol. The molecule has 0 heterocycles. The van der Waals surface area contributed by atoms with Crippen LogP contribution < -0.4 is 22.9 Å². The van der Waals surface area contributed by atoms with Gasteiger partial charge >= 0.3 is 0 Å². The molecule has 0 atom stereocenters. The Morgan fingerprint density at radius 2 is 1.67 bits per heavy atom. The summed E-state index contributed by atoms with van der Waals surface area (Å²) in [6.45, 7) is 1.14. The number of likely N-dealkylation sites (N-methyl/N-ethyl adjacent to an activating group) is 1. The lowest BCUT2D eigenvalue weighted by atomic mass is 10.3. The van der Waals surface area contributed by atoms with E-state index >= 15 is 0 Å². The van der Waals surface area contributed by atoms with E-state index in [1.807, 2.05) is 21.1 Å². The molecule has 1 rings (SSSR count). The summed E-state index contributed by atoms with van der Waals surface area (Å²) in [6, 6.07) is 6.16. The Hall–Kier alpha value is -0.820. The summed E-state index contributed by atoms with van der Waals surface area (Å²) in [5.41, 5.74) is 6.06. The maximum absolute atomic E-state index is 11.9. The minimum atomic E-state index is -3.42. The van der Waals surface area contributed by atoms with E-state index in [2.05, 4.69) is 4.72 Å². The Labute approximate surface area is 115 Å². The van der Waals surface area contributed by atoms with E-state index in [-0.39, 0.29) is 17.3 Å². The maximum Gasteiger partial charge on any atom is 0.240 e. The Bertz CT molecular complexity index is 466. The monoisotopic (exact) mass is 293 g/mol. The average Bonchev–Trinajstić information content (AvgIpc) is 2.15. The van der Waals surface area contributed by atoms with Gasteiger partial charge in [-0.2, -0.15) is 0 Å². The van der Waals surface area contributed by atoms with Gasteiger partial charge in [-0.3, -0.25) is 0 Å². The highest BCUT2D eigenvalue weighted by atomic mass is 35.5. The predicted octanol–water partition coefficient (Wildman–Crippen LogP) is -2.74. The average molecular weight is 294 g/mol. The topological polar surface area (TPSA) is 72.2 Å². The molecule has 104 valence electrons. The molecule has 0 amide bonds. The number of sulfonamides is 1. The molecular formula is C11H20ClN3O2S. The summed E-state index contributed by atoms with van der Waals surface area (Å²) in [5.74, 6) is 0. The van der Waals surface area contributed by atoms with E-state index in [1.54, 1.807) is 12.1 Å². The number of rotatable bonds is 5. The largest absolute Gasteiger partial charge is 1.00 e. The first-order valence-electron chi connectivity index (χ1n) is 5.36. The van der Waals surface area contributed by atoms with Crippen molar-refractivity contribution < 1.29 is 25.3 Å². The van der Waals surface area contributed by atoms with Crippen LogP contribution >= 0.6 is 0 Å². The second kappa shape index (κ2) is 6.38. The number of nitrogens with zero attached hydrogens (tertiary/aromatic N) is 1. The fraction of sp³-hybridized carbons (Fsp3) is 0.455. The number of anilines is 1. The molecule has 0 aliphatic heterocycles. The molecule has 0 aliphatic rings. The molecule has 0 radical (unpaired) electrons. The van der Waals surface area contributed by atoms with Crippen LogP contribution in [0.5, 0.6) is 0 Å². The van der Waals surface area contributed by atoms with Crippen molar-refractivity contribution in [1.82, 2.24) is 4.72 Å². The van der Waals surface area contributed by atoms with Crippen molar-refractivity contribution in [1.29, 1.82) is 0 Å². The number of benzene rings is 1. The Morgan fingerprint density at radius 3 is 2.11 bits per heavy atom. The Morgan fingerprint density at radius 1 is 1.17 bits per heavy atom. The third kappa shape index (κ3) is 5.68. The van der Waals surface area contributed by atoms with E-state index < -0.39 is 10.0 Å². The van der Waals surface area contributed by atoms with Crippen LogP contribution in [0.2, 0.25) is 0 Å². The molecule has 0 aliphatic carbocycles. The van der Waals surface area contributed by atoms with Gasteiger partial charge in [0.1, 0.15) is 0 Å². The fourth-order valence-electron chi connectivity index (χ4n) is 1.25. The third-order valence-electron chi connectivity index (χ3n) is 2.27. The van der Waals surface area contributed by atoms with Crippen molar-refractivity contribution in [2.24, 2.45) is 0 Å². The lowest BCUT2D eigenvalue weighted by Crippen LogP contribution is -3.00. The van der Waals surface area contributed by atoms with Crippen molar-refractivity contribution in [3.05, 3.63) is 24.3 Å². The van der Waals surface area contributed by atoms with Gasteiger partial charge in [-0.1, -0.05) is 0 Å². The van der Waals surface area contributed by atoms with Crippen LogP contribution in [0.4, 0.5) is 5.69 Å². The second-order valence-electron chi connectivity index (χ2n) is 4.98. The van der Waals surface area contributed by atoms with Gasteiger partial charge in [0.15, 0.2) is 0 Å². The zero-order valence-corrected chi connectivity index (χ0v) is 12.4. The summed E-state index contributed by atoms with van der Waals surface area (Å²) >= 11 is 0. The molecule has 7 heteroatoms. The molecule has 0 spiro atoms. The lowest BCUT2D eigenvalue weighted by molar-refractivity contribution is -0.869. The highest BCUT2D eigenvalue weighted by Crippen LogP contribution is 2.11. The fourth-order valence-corrected chi connectivity index (χ4v) is 2.27. The van der Waals surface area contributed by atoms with Crippen LogP contribution in [0.25, 0.3) is 0 Å². The summed E-state index contributed by atoms with van der Waals surface area (Å²) in [5, 5.41) is 0. The second-order valence-corrected chi connectivity index (χ2v) is 6.75. The zero-order valence-electron chi connectivity index (χ0n) is 10.9. The van der Waals surface area contributed by atoms with E-state index in [4.69, 9.17) is 5.73 Å². The number of quaternary nitrogens is 1. The quantitative estimate of drug-likeness (QED) is 0.457. The van der Waals surface area contributed by atoms with Crippen LogP contribution in [0, 0.1) is 0 Å². The Kier molecular flexibility index (Phi) is 6.09. The van der Waals surface area contributed by atoms with E-state index in [0.717, 1.165) is 6.54 Å². The van der Waals surface area contributed by atoms with Crippen LogP contribution in [0.3, 0.4) is 0 Å². The first-order chi connectivity index (χ1) is 7.71. The number of hydrogen-bond acceptors (Lipinski definition) is 3. The first kappa shape index (κ1) is 17.2. The SMILES string of the molecule is C[N+](C)(C)CCNS(=O)(=O)c1ccc(N)cc1.[Cl-]. The van der Waals surface area contributed by atoms with Crippen molar-refractivity contribution >= 4 is 15.7 Å². The van der Waals surface area contributed by atoms with Crippen molar-refractivity contribution in [2.45, 2.75) is 4.90 Å². The predicted molar refractivity (Wildman–Crippen MR) is 68.9 cm³/mol. The highest BCUT2D eigenvalue weighted by molar-refractivity contribution is 7.89. The van der Waals surface area contributed by atoms with Crippen LogP contribution in [-0.2, 0) is 10.0 Å². The standard InChI is InChI=1S/C11H20N3O2S.ClH/c1-14(2,3)9-8-13-17(15,16)11-6-4-10(12)5-7-11;/h4-7,13H,8-9,12H2,1-3H3;1H/q+1;/p-1. The molecule has 0 bridgehead atoms. The van der Waals surface area contributed by atoms with Gasteiger partial charge in [0.05, 0.1) is 39.1 Å². The van der Waals surface area contributed by atoms with Gasteiger partial charge < -0.3 is 22.6 Å². The van der Waals surface area contributed by atoms with E-state index in [1.165, 1.54) is 12.1 Å². The van der Waals surface area contributed by atoms with E-state index in [9.17, 15) is 8.42 Å². The number of halogens is 1. The minimum Gasteiger partial charge on any atom is -1.00 e. The molecule has 18 heavy (non-hydrogen) atoms. The summed E-state index contributed by atoms with van der Waals surface area (Å²) in [6.07, 6.45) is 0. The minimum absolute atomic E-state index is 0. The van der Waals surface area contributed by atoms with Gasteiger partial charge in [-0.25, -0.2) is 13.1 Å². The summed E-state index contributed by atoms with van der Waals surface area (Å²) in [4.78, 5) is 0.244. The molecule has 0 saturated heterocycles. The molecule has 1 aromatic rings. The maximum atomic E-state index is 11.9. The number of nitrogens with one attached hydrogen (secondary N) is 1. The highest BCUT2D eigenvalue weighted by Gasteiger charge is 2.15. The van der Waals surface area contributed by atoms with Crippen LogP contribution in [-0.4, -0.2) is 47.1 Å². The molecule has 5 nitrogen and oxygen atoms in total. The third-order valence-corrected chi connectivity index (χ3v) is 3.74. The normalized spacial score (nSPS) is 11.9. The van der Waals surface area contributed by atoms with Crippen molar-refractivity contribution in [3.63, 3.8) is 0 Å². The van der Waals surface area contributed by atoms with Gasteiger partial charge in [0, 0.05) is 5.69 Å². The molecule has 0 unspecified atom stereocenters. The number of nitrogens with two attached hydrogens (primary N) is 1. The van der Waals surface area contributed by atoms with Gasteiger partial charge in [-0.15, -0.1) is 0 Å². The number of nitrogen functional groups attached to an aromatic ring is 1. The van der Waals surface area contributed by atoms with Gasteiger partial charge in [0.25, 0.3) is 0 Å². The Balaban J connectivity index is 0.00000289. The van der Waals surface area contributed by atoms with E-state index in [0.29, 0.717) is 16.7 Å². The number of hydrogen-bond donors (Lipinski definition) is 2. The van der Waals surface area contributed by atoms with Crippen LogP contribution in [0.1, 0.15) is 0 Å². The summed E-state index contributed by atoms with van der Waals surface area (Å²) < 4.78 is 27.0. The molecule has 3 N–H and O–H groups in total. The molecule has 0 fully saturated rings. The molecule has 1 aromatic carbocycles. The lowest BCUT2D eigenvalue weighted by Gasteiger charge is -2.23. The molecule has 0 aromatic heterocycles. The van der Waals surface area contributed by atoms with Crippen molar-refractivity contribution in [2.75, 3.05) is 40.0 Å². The van der Waals surface area contributed by atoms with Gasteiger partial charge in [0.2, 0.25) is 10.0 Å².